The molecule has 0 aliphatic carbocycles. The first-order valence-corrected chi connectivity index (χ1v) is 10.0. The summed E-state index contributed by atoms with van der Waals surface area (Å²) in [5, 5.41) is 6.91. The van der Waals surface area contributed by atoms with Crippen LogP contribution < -0.4 is 15.4 Å². The van der Waals surface area contributed by atoms with Crippen molar-refractivity contribution in [2.75, 3.05) is 32.8 Å². The van der Waals surface area contributed by atoms with E-state index in [4.69, 9.17) is 4.74 Å². The lowest BCUT2D eigenvalue weighted by molar-refractivity contribution is 0.167. The molecule has 1 saturated heterocycles. The molecule has 1 aromatic carbocycles. The van der Waals surface area contributed by atoms with Gasteiger partial charge in [0.1, 0.15) is 12.4 Å². The maximum Gasteiger partial charge on any atom is 0.191 e. The lowest BCUT2D eigenvalue weighted by Gasteiger charge is -2.35. The monoisotopic (exact) mass is 538 g/mol. The van der Waals surface area contributed by atoms with E-state index < -0.39 is 0 Å². The molecule has 1 heterocycles. The molecule has 0 aromatic heterocycles. The summed E-state index contributed by atoms with van der Waals surface area (Å²) in [6.45, 7) is 11.0. The zero-order valence-electron chi connectivity index (χ0n) is 16.0. The molecule has 1 aromatic rings. The molecule has 0 unspecified atom stereocenters. The van der Waals surface area contributed by atoms with Crippen molar-refractivity contribution in [3.05, 3.63) is 28.7 Å². The number of benzene rings is 1. The Morgan fingerprint density at radius 2 is 2.08 bits per heavy atom. The van der Waals surface area contributed by atoms with Gasteiger partial charge in [-0.2, -0.15) is 0 Å². The molecular weight excluding hydrogens is 507 g/mol. The number of guanidine groups is 1. The smallest absolute Gasteiger partial charge is 0.191 e. The second-order valence-electron chi connectivity index (χ2n) is 6.61. The maximum atomic E-state index is 5.75. The molecule has 5 nitrogen and oxygen atoms in total. The Kier molecular flexibility index (Phi) is 11.5. The van der Waals surface area contributed by atoms with Crippen molar-refractivity contribution in [3.8, 4) is 5.75 Å². The van der Waals surface area contributed by atoms with Gasteiger partial charge >= 0.3 is 0 Å². The second-order valence-corrected chi connectivity index (χ2v) is 7.53. The van der Waals surface area contributed by atoms with Crippen LogP contribution in [0.3, 0.4) is 0 Å². The van der Waals surface area contributed by atoms with Gasteiger partial charge in [0.2, 0.25) is 0 Å². The molecule has 0 bridgehead atoms. The predicted molar refractivity (Wildman–Crippen MR) is 124 cm³/mol. The Morgan fingerprint density at radius 1 is 1.35 bits per heavy atom. The Balaban J connectivity index is 0.00000338. The lowest BCUT2D eigenvalue weighted by Crippen LogP contribution is -2.50. The molecule has 2 N–H and O–H groups in total. The van der Waals surface area contributed by atoms with E-state index in [0.717, 1.165) is 48.7 Å². The fourth-order valence-electron chi connectivity index (χ4n) is 2.95. The largest absolute Gasteiger partial charge is 0.492 e. The minimum absolute atomic E-state index is 0. The summed E-state index contributed by atoms with van der Waals surface area (Å²) in [6, 6.07) is 9.02. The highest BCUT2D eigenvalue weighted by Gasteiger charge is 2.21. The zero-order chi connectivity index (χ0) is 18.1. The van der Waals surface area contributed by atoms with Gasteiger partial charge in [0.05, 0.1) is 6.54 Å². The van der Waals surface area contributed by atoms with Crippen LogP contribution in [0, 0.1) is 0 Å². The van der Waals surface area contributed by atoms with Crippen LogP contribution >= 0.6 is 39.9 Å². The summed E-state index contributed by atoms with van der Waals surface area (Å²) >= 11 is 3.45. The fourth-order valence-corrected chi connectivity index (χ4v) is 3.33. The Morgan fingerprint density at radius 3 is 2.69 bits per heavy atom. The van der Waals surface area contributed by atoms with Crippen LogP contribution in [0.2, 0.25) is 0 Å². The number of hydrogen-bond acceptors (Lipinski definition) is 3. The highest BCUT2D eigenvalue weighted by atomic mass is 127. The SMILES string of the molecule is CCNC(=NCCOc1cccc(Br)c1)NC1CCN(C(C)C)CC1.I. The Labute approximate surface area is 183 Å². The summed E-state index contributed by atoms with van der Waals surface area (Å²) in [7, 11) is 0. The molecule has 26 heavy (non-hydrogen) atoms. The van der Waals surface area contributed by atoms with Crippen LogP contribution in [0.25, 0.3) is 0 Å². The number of piperidine rings is 1. The third-order valence-electron chi connectivity index (χ3n) is 4.37. The minimum Gasteiger partial charge on any atom is -0.492 e. The summed E-state index contributed by atoms with van der Waals surface area (Å²) in [5.41, 5.74) is 0. The van der Waals surface area contributed by atoms with Crippen LogP contribution in [0.15, 0.2) is 33.7 Å². The molecule has 0 radical (unpaired) electrons. The van der Waals surface area contributed by atoms with Crippen molar-refractivity contribution in [3.63, 3.8) is 0 Å². The molecular formula is C19H32BrIN4O. The standard InChI is InChI=1S/C19H31BrN4O.HI/c1-4-21-19(23-17-8-11-24(12-9-17)15(2)3)22-10-13-25-18-7-5-6-16(20)14-18;/h5-7,14-15,17H,4,8-13H2,1-3H3,(H2,21,22,23);1H. The van der Waals surface area contributed by atoms with E-state index in [2.05, 4.69) is 57.2 Å². The number of nitrogens with one attached hydrogen (secondary N) is 2. The topological polar surface area (TPSA) is 48.9 Å². The third kappa shape index (κ3) is 8.43. The van der Waals surface area contributed by atoms with Gasteiger partial charge in [-0.05, 0) is 51.8 Å². The van der Waals surface area contributed by atoms with Gasteiger partial charge in [0, 0.05) is 36.2 Å². The zero-order valence-corrected chi connectivity index (χ0v) is 19.9. The number of hydrogen-bond donors (Lipinski definition) is 2. The van der Waals surface area contributed by atoms with Crippen molar-refractivity contribution < 1.29 is 4.74 Å². The van der Waals surface area contributed by atoms with Crippen molar-refractivity contribution in [2.24, 2.45) is 4.99 Å². The van der Waals surface area contributed by atoms with E-state index in [1.54, 1.807) is 0 Å². The van der Waals surface area contributed by atoms with Gasteiger partial charge in [0.15, 0.2) is 5.96 Å². The first-order valence-electron chi connectivity index (χ1n) is 9.25. The van der Waals surface area contributed by atoms with Crippen LogP contribution in [0.5, 0.6) is 5.75 Å². The Hall–Kier alpha value is -0.540. The molecule has 7 heteroatoms. The summed E-state index contributed by atoms with van der Waals surface area (Å²) in [4.78, 5) is 7.18. The van der Waals surface area contributed by atoms with E-state index in [1.165, 1.54) is 0 Å². The van der Waals surface area contributed by atoms with Crippen LogP contribution in [-0.4, -0.2) is 55.7 Å². The number of halogens is 2. The third-order valence-corrected chi connectivity index (χ3v) is 4.86. The van der Waals surface area contributed by atoms with E-state index in [1.807, 2.05) is 24.3 Å². The first kappa shape index (κ1) is 23.5. The molecule has 1 aliphatic heterocycles. The van der Waals surface area contributed by atoms with Crippen LogP contribution in [-0.2, 0) is 0 Å². The highest BCUT2D eigenvalue weighted by Crippen LogP contribution is 2.17. The number of likely N-dealkylation sites (tertiary alicyclic amines) is 1. The van der Waals surface area contributed by atoms with Gasteiger partial charge in [-0.1, -0.05) is 22.0 Å². The number of nitrogens with zero attached hydrogens (tertiary/aromatic N) is 2. The number of rotatable bonds is 7. The minimum atomic E-state index is 0. The van der Waals surface area contributed by atoms with Gasteiger partial charge in [0.25, 0.3) is 0 Å². The van der Waals surface area contributed by atoms with Gasteiger partial charge in [-0.15, -0.1) is 24.0 Å². The van der Waals surface area contributed by atoms with E-state index in [0.29, 0.717) is 25.2 Å². The van der Waals surface area contributed by atoms with E-state index in [-0.39, 0.29) is 24.0 Å². The maximum absolute atomic E-state index is 5.75. The van der Waals surface area contributed by atoms with Crippen molar-refractivity contribution in [1.82, 2.24) is 15.5 Å². The molecule has 0 saturated carbocycles. The highest BCUT2D eigenvalue weighted by molar-refractivity contribution is 14.0. The number of ether oxygens (including phenoxy) is 1. The molecule has 0 spiro atoms. The molecule has 2 rings (SSSR count). The van der Waals surface area contributed by atoms with Gasteiger partial charge in [-0.25, -0.2) is 4.99 Å². The second kappa shape index (κ2) is 12.8. The average molecular weight is 539 g/mol. The first-order chi connectivity index (χ1) is 12.1. The lowest BCUT2D eigenvalue weighted by atomic mass is 10.0. The summed E-state index contributed by atoms with van der Waals surface area (Å²) < 4.78 is 6.77. The molecule has 0 atom stereocenters. The van der Waals surface area contributed by atoms with Crippen LogP contribution in [0.1, 0.15) is 33.6 Å². The molecule has 1 fully saturated rings. The van der Waals surface area contributed by atoms with E-state index in [9.17, 15) is 0 Å². The van der Waals surface area contributed by atoms with Crippen molar-refractivity contribution in [2.45, 2.75) is 45.7 Å². The molecule has 0 amide bonds. The average Bonchev–Trinajstić information content (AvgIpc) is 2.59. The predicted octanol–water partition coefficient (Wildman–Crippen LogP) is 3.87. The van der Waals surface area contributed by atoms with Crippen molar-refractivity contribution >= 4 is 45.9 Å². The van der Waals surface area contributed by atoms with Crippen molar-refractivity contribution in [1.29, 1.82) is 0 Å². The normalized spacial score (nSPS) is 16.3. The van der Waals surface area contributed by atoms with Crippen LogP contribution in [0.4, 0.5) is 0 Å². The molecule has 148 valence electrons. The Bertz CT molecular complexity index is 548. The van der Waals surface area contributed by atoms with Gasteiger partial charge in [-0.3, -0.25) is 0 Å². The number of aliphatic imine (C=N–C) groups is 1. The fraction of sp³-hybridized carbons (Fsp3) is 0.632. The van der Waals surface area contributed by atoms with E-state index >= 15 is 0 Å². The van der Waals surface area contributed by atoms with Gasteiger partial charge < -0.3 is 20.3 Å². The molecule has 1 aliphatic rings. The summed E-state index contributed by atoms with van der Waals surface area (Å²) in [6.07, 6.45) is 2.33. The summed E-state index contributed by atoms with van der Waals surface area (Å²) in [5.74, 6) is 1.76. The quantitative estimate of drug-likeness (QED) is 0.239.